The molecule has 0 fully saturated rings. The van der Waals surface area contributed by atoms with Crippen molar-refractivity contribution in [3.8, 4) is 0 Å². The van der Waals surface area contributed by atoms with Crippen molar-refractivity contribution in [2.24, 2.45) is 5.73 Å². The molecule has 0 spiro atoms. The molecule has 0 aliphatic rings. The Balaban J connectivity index is 2.47. The number of nitrogens with two attached hydrogens (primary N) is 1. The van der Waals surface area contributed by atoms with Crippen LogP contribution in [0.5, 0.6) is 0 Å². The summed E-state index contributed by atoms with van der Waals surface area (Å²) in [7, 11) is 0. The fraction of sp³-hybridized carbons (Fsp3) is 0.571. The van der Waals surface area contributed by atoms with Crippen molar-refractivity contribution in [1.82, 2.24) is 4.90 Å². The van der Waals surface area contributed by atoms with Gasteiger partial charge in [0, 0.05) is 12.6 Å². The van der Waals surface area contributed by atoms with Crippen LogP contribution in [0.15, 0.2) is 30.3 Å². The van der Waals surface area contributed by atoms with Gasteiger partial charge in [-0.3, -0.25) is 4.90 Å². The van der Waals surface area contributed by atoms with Gasteiger partial charge in [0.2, 0.25) is 0 Å². The zero-order valence-corrected chi connectivity index (χ0v) is 11.2. The second-order valence-electron chi connectivity index (χ2n) is 4.70. The molecule has 0 radical (unpaired) electrons. The highest BCUT2D eigenvalue weighted by Gasteiger charge is 2.30. The van der Waals surface area contributed by atoms with Crippen LogP contribution in [0.3, 0.4) is 0 Å². The smallest absolute Gasteiger partial charge is 0.324 e. The van der Waals surface area contributed by atoms with Gasteiger partial charge < -0.3 is 5.73 Å². The predicted octanol–water partition coefficient (Wildman–Crippen LogP) is 3.35. The second kappa shape index (κ2) is 7.50. The summed E-state index contributed by atoms with van der Waals surface area (Å²) in [5.74, 6) is 0. The van der Waals surface area contributed by atoms with Crippen molar-refractivity contribution in [3.05, 3.63) is 35.9 Å². The third kappa shape index (κ3) is 6.59. The zero-order valence-electron chi connectivity index (χ0n) is 11.2. The summed E-state index contributed by atoms with van der Waals surface area (Å²) < 4.78 is 37.2. The molecule has 1 rings (SSSR count). The lowest BCUT2D eigenvalue weighted by Gasteiger charge is -2.24. The van der Waals surface area contributed by atoms with Crippen molar-refractivity contribution < 1.29 is 13.2 Å². The van der Waals surface area contributed by atoms with E-state index in [1.165, 1.54) is 4.90 Å². The van der Waals surface area contributed by atoms with Crippen LogP contribution < -0.4 is 5.73 Å². The Kier molecular flexibility index (Phi) is 6.31. The Morgan fingerprint density at radius 1 is 1.16 bits per heavy atom. The second-order valence-corrected chi connectivity index (χ2v) is 4.70. The lowest BCUT2D eigenvalue weighted by Crippen LogP contribution is -2.36. The average Bonchev–Trinajstić information content (AvgIpc) is 2.35. The van der Waals surface area contributed by atoms with Gasteiger partial charge in [-0.1, -0.05) is 37.3 Å². The Hall–Kier alpha value is -1.07. The molecular weight excluding hydrogens is 253 g/mol. The molecule has 0 amide bonds. The van der Waals surface area contributed by atoms with Crippen LogP contribution in [0.2, 0.25) is 0 Å². The molecule has 0 aliphatic heterocycles. The Bertz CT molecular complexity index is 351. The molecule has 0 bridgehead atoms. The largest absolute Gasteiger partial charge is 0.401 e. The summed E-state index contributed by atoms with van der Waals surface area (Å²) in [6.07, 6.45) is -2.91. The van der Waals surface area contributed by atoms with Crippen molar-refractivity contribution in [2.75, 3.05) is 19.6 Å². The van der Waals surface area contributed by atoms with Crippen molar-refractivity contribution >= 4 is 0 Å². The highest BCUT2D eigenvalue weighted by molar-refractivity contribution is 5.18. The molecule has 0 saturated carbocycles. The molecule has 1 unspecified atom stereocenters. The van der Waals surface area contributed by atoms with E-state index in [-0.39, 0.29) is 6.04 Å². The predicted molar refractivity (Wildman–Crippen MR) is 70.8 cm³/mol. The van der Waals surface area contributed by atoms with E-state index in [0.717, 1.165) is 5.56 Å². The molecular formula is C14H21F3N2. The van der Waals surface area contributed by atoms with Crippen molar-refractivity contribution in [2.45, 2.75) is 32.0 Å². The van der Waals surface area contributed by atoms with Crippen LogP contribution in [0, 0.1) is 0 Å². The molecule has 0 aromatic heterocycles. The van der Waals surface area contributed by atoms with E-state index in [1.807, 2.05) is 37.3 Å². The number of rotatable bonds is 7. The van der Waals surface area contributed by atoms with Gasteiger partial charge >= 0.3 is 6.18 Å². The maximum absolute atomic E-state index is 12.4. The Morgan fingerprint density at radius 2 is 1.79 bits per heavy atom. The van der Waals surface area contributed by atoms with Crippen LogP contribution in [-0.2, 0) is 0 Å². The number of halogens is 3. The summed E-state index contributed by atoms with van der Waals surface area (Å²) >= 11 is 0. The normalized spacial score (nSPS) is 13.8. The first-order chi connectivity index (χ1) is 8.92. The molecule has 2 N–H and O–H groups in total. The minimum atomic E-state index is -4.15. The molecule has 1 aromatic rings. The molecule has 2 nitrogen and oxygen atoms in total. The lowest BCUT2D eigenvalue weighted by atomic mass is 10.0. The molecule has 0 heterocycles. The summed E-state index contributed by atoms with van der Waals surface area (Å²) in [5, 5.41) is 0. The van der Waals surface area contributed by atoms with E-state index in [4.69, 9.17) is 5.73 Å². The third-order valence-electron chi connectivity index (χ3n) is 2.93. The molecule has 108 valence electrons. The van der Waals surface area contributed by atoms with Gasteiger partial charge in [-0.05, 0) is 24.9 Å². The average molecular weight is 274 g/mol. The lowest BCUT2D eigenvalue weighted by molar-refractivity contribution is -0.146. The number of hydrogen-bond donors (Lipinski definition) is 1. The maximum Gasteiger partial charge on any atom is 0.401 e. The molecule has 1 aromatic carbocycles. The van der Waals surface area contributed by atoms with E-state index >= 15 is 0 Å². The first-order valence-corrected chi connectivity index (χ1v) is 6.52. The molecule has 0 aliphatic carbocycles. The summed E-state index contributed by atoms with van der Waals surface area (Å²) in [6, 6.07) is 9.25. The standard InChI is InChI=1S/C14H21F3N2/c1-2-9-19(11-14(15,16)17)10-8-13(18)12-6-4-3-5-7-12/h3-7,13H,2,8-11,18H2,1H3. The fourth-order valence-electron chi connectivity index (χ4n) is 2.03. The van der Waals surface area contributed by atoms with Gasteiger partial charge in [0.1, 0.15) is 0 Å². The number of hydrogen-bond acceptors (Lipinski definition) is 2. The van der Waals surface area contributed by atoms with E-state index in [0.29, 0.717) is 25.9 Å². The molecule has 0 saturated heterocycles. The van der Waals surface area contributed by atoms with Crippen LogP contribution >= 0.6 is 0 Å². The van der Waals surface area contributed by atoms with Crippen LogP contribution in [0.25, 0.3) is 0 Å². The molecule has 5 heteroatoms. The SMILES string of the molecule is CCCN(CCC(N)c1ccccc1)CC(F)(F)F. The van der Waals surface area contributed by atoms with Gasteiger partial charge in [0.05, 0.1) is 6.54 Å². The Morgan fingerprint density at radius 3 is 2.32 bits per heavy atom. The summed E-state index contributed by atoms with van der Waals surface area (Å²) in [6.45, 7) is 1.83. The zero-order chi connectivity index (χ0) is 14.3. The van der Waals surface area contributed by atoms with Gasteiger partial charge in [0.25, 0.3) is 0 Å². The van der Waals surface area contributed by atoms with Crippen LogP contribution in [-0.4, -0.2) is 30.7 Å². The van der Waals surface area contributed by atoms with E-state index in [1.54, 1.807) is 0 Å². The monoisotopic (exact) mass is 274 g/mol. The summed E-state index contributed by atoms with van der Waals surface area (Å²) in [4.78, 5) is 1.42. The first kappa shape index (κ1) is 16.0. The van der Waals surface area contributed by atoms with Crippen LogP contribution in [0.1, 0.15) is 31.4 Å². The first-order valence-electron chi connectivity index (χ1n) is 6.52. The van der Waals surface area contributed by atoms with Crippen molar-refractivity contribution in [3.63, 3.8) is 0 Å². The van der Waals surface area contributed by atoms with Gasteiger partial charge in [-0.25, -0.2) is 0 Å². The number of alkyl halides is 3. The maximum atomic E-state index is 12.4. The summed E-state index contributed by atoms with van der Waals surface area (Å²) in [5.41, 5.74) is 6.96. The topological polar surface area (TPSA) is 29.3 Å². The molecule has 19 heavy (non-hydrogen) atoms. The van der Waals surface area contributed by atoms with Gasteiger partial charge in [0.15, 0.2) is 0 Å². The van der Waals surface area contributed by atoms with E-state index in [9.17, 15) is 13.2 Å². The molecule has 1 atom stereocenters. The van der Waals surface area contributed by atoms with Crippen molar-refractivity contribution in [1.29, 1.82) is 0 Å². The van der Waals surface area contributed by atoms with E-state index < -0.39 is 12.7 Å². The highest BCUT2D eigenvalue weighted by atomic mass is 19.4. The van der Waals surface area contributed by atoms with Crippen LogP contribution in [0.4, 0.5) is 13.2 Å². The fourth-order valence-corrected chi connectivity index (χ4v) is 2.03. The third-order valence-corrected chi connectivity index (χ3v) is 2.93. The number of benzene rings is 1. The quantitative estimate of drug-likeness (QED) is 0.826. The van der Waals surface area contributed by atoms with Gasteiger partial charge in [-0.2, -0.15) is 13.2 Å². The van der Waals surface area contributed by atoms with Gasteiger partial charge in [-0.15, -0.1) is 0 Å². The highest BCUT2D eigenvalue weighted by Crippen LogP contribution is 2.19. The minimum absolute atomic E-state index is 0.214. The number of nitrogens with zero attached hydrogens (tertiary/aromatic N) is 1. The van der Waals surface area contributed by atoms with E-state index in [2.05, 4.69) is 0 Å². The Labute approximate surface area is 112 Å². The minimum Gasteiger partial charge on any atom is -0.324 e.